The molecule has 2 aromatic rings. The Morgan fingerprint density at radius 3 is 2.58 bits per heavy atom. The van der Waals surface area contributed by atoms with Gasteiger partial charge in [-0.2, -0.15) is 5.26 Å². The summed E-state index contributed by atoms with van der Waals surface area (Å²) in [6, 6.07) is 11.9. The molecule has 0 bridgehead atoms. The lowest BCUT2D eigenvalue weighted by Crippen LogP contribution is -2.10. The maximum Gasteiger partial charge on any atom is 0.265 e. The number of thiophene rings is 1. The summed E-state index contributed by atoms with van der Waals surface area (Å²) in [7, 11) is 0. The molecule has 1 N–H and O–H groups in total. The van der Waals surface area contributed by atoms with E-state index in [0.29, 0.717) is 21.0 Å². The molecule has 2 rings (SSSR count). The number of nitriles is 1. The van der Waals surface area contributed by atoms with Crippen molar-refractivity contribution >= 4 is 28.7 Å². The summed E-state index contributed by atoms with van der Waals surface area (Å²) in [5.41, 5.74) is 1.04. The zero-order valence-corrected chi connectivity index (χ0v) is 11.0. The number of rotatable bonds is 3. The third-order valence-corrected chi connectivity index (χ3v) is 3.61. The van der Waals surface area contributed by atoms with Gasteiger partial charge in [-0.05, 0) is 37.3 Å². The minimum Gasteiger partial charge on any atom is -0.321 e. The quantitative estimate of drug-likeness (QED) is 0.871. The number of amides is 1. The molecular formula is C14H10N2O2S. The minimum absolute atomic E-state index is 0.0597. The van der Waals surface area contributed by atoms with Crippen LogP contribution in [0.15, 0.2) is 36.4 Å². The monoisotopic (exact) mass is 270 g/mol. The lowest BCUT2D eigenvalue weighted by atomic mass is 10.2. The average molecular weight is 270 g/mol. The molecule has 4 nitrogen and oxygen atoms in total. The highest BCUT2D eigenvalue weighted by Crippen LogP contribution is 2.19. The molecule has 19 heavy (non-hydrogen) atoms. The molecule has 0 unspecified atom stereocenters. The molecule has 0 saturated heterocycles. The van der Waals surface area contributed by atoms with E-state index < -0.39 is 0 Å². The molecule has 0 spiro atoms. The van der Waals surface area contributed by atoms with Crippen LogP contribution < -0.4 is 5.32 Å². The number of hydrogen-bond donors (Lipinski definition) is 1. The second kappa shape index (κ2) is 5.46. The summed E-state index contributed by atoms with van der Waals surface area (Å²) in [5.74, 6) is -0.344. The number of carbonyl (C=O) groups excluding carboxylic acids is 2. The van der Waals surface area contributed by atoms with Crippen molar-refractivity contribution in [2.75, 3.05) is 5.32 Å². The number of carbonyl (C=O) groups is 2. The second-order valence-corrected chi connectivity index (χ2v) is 4.95. The van der Waals surface area contributed by atoms with Gasteiger partial charge in [-0.15, -0.1) is 11.3 Å². The molecule has 1 amide bonds. The zero-order chi connectivity index (χ0) is 13.8. The van der Waals surface area contributed by atoms with Gasteiger partial charge in [0.2, 0.25) is 0 Å². The van der Waals surface area contributed by atoms with Gasteiger partial charge in [0, 0.05) is 5.69 Å². The van der Waals surface area contributed by atoms with E-state index in [2.05, 4.69) is 5.32 Å². The highest BCUT2D eigenvalue weighted by molar-refractivity contribution is 7.16. The summed E-state index contributed by atoms with van der Waals surface area (Å²) in [4.78, 5) is 24.1. The Morgan fingerprint density at radius 1 is 1.21 bits per heavy atom. The van der Waals surface area contributed by atoms with E-state index in [1.54, 1.807) is 36.4 Å². The van der Waals surface area contributed by atoms with Crippen LogP contribution in [0.3, 0.4) is 0 Å². The van der Waals surface area contributed by atoms with Crippen molar-refractivity contribution in [3.63, 3.8) is 0 Å². The molecule has 0 fully saturated rings. The van der Waals surface area contributed by atoms with E-state index in [9.17, 15) is 9.59 Å². The van der Waals surface area contributed by atoms with Crippen molar-refractivity contribution in [3.05, 3.63) is 51.7 Å². The van der Waals surface area contributed by atoms with Crippen LogP contribution in [-0.2, 0) is 0 Å². The molecule has 1 aromatic carbocycles. The molecule has 0 aliphatic carbocycles. The smallest absolute Gasteiger partial charge is 0.265 e. The topological polar surface area (TPSA) is 70.0 Å². The zero-order valence-electron chi connectivity index (χ0n) is 10.1. The van der Waals surface area contributed by atoms with Crippen molar-refractivity contribution in [2.24, 2.45) is 0 Å². The van der Waals surface area contributed by atoms with Gasteiger partial charge >= 0.3 is 0 Å². The van der Waals surface area contributed by atoms with E-state index in [1.807, 2.05) is 6.07 Å². The molecular weight excluding hydrogens is 260 g/mol. The Labute approximate surface area is 114 Å². The predicted molar refractivity (Wildman–Crippen MR) is 73.4 cm³/mol. The summed E-state index contributed by atoms with van der Waals surface area (Å²) >= 11 is 1.15. The van der Waals surface area contributed by atoms with Crippen LogP contribution in [0.4, 0.5) is 5.69 Å². The Hall–Kier alpha value is -2.45. The first-order valence-electron chi connectivity index (χ1n) is 5.52. The van der Waals surface area contributed by atoms with Gasteiger partial charge in [-0.1, -0.05) is 6.07 Å². The number of ketones is 1. The summed E-state index contributed by atoms with van der Waals surface area (Å²) < 4.78 is 0. The molecule has 0 aliphatic heterocycles. The number of hydrogen-bond acceptors (Lipinski definition) is 4. The van der Waals surface area contributed by atoms with Crippen molar-refractivity contribution in [1.82, 2.24) is 0 Å². The third kappa shape index (κ3) is 3.06. The van der Waals surface area contributed by atoms with Gasteiger partial charge in [0.05, 0.1) is 21.4 Å². The van der Waals surface area contributed by atoms with Crippen LogP contribution in [-0.4, -0.2) is 11.7 Å². The van der Waals surface area contributed by atoms with E-state index in [-0.39, 0.29) is 11.7 Å². The fraction of sp³-hybridized carbons (Fsp3) is 0.0714. The van der Waals surface area contributed by atoms with Crippen molar-refractivity contribution in [2.45, 2.75) is 6.92 Å². The Kier molecular flexibility index (Phi) is 3.74. The van der Waals surface area contributed by atoms with Gasteiger partial charge in [-0.25, -0.2) is 0 Å². The van der Waals surface area contributed by atoms with E-state index >= 15 is 0 Å². The SMILES string of the molecule is CC(=O)c1ccc(C(=O)Nc2cccc(C#N)c2)s1. The second-order valence-electron chi connectivity index (χ2n) is 3.87. The lowest BCUT2D eigenvalue weighted by Gasteiger charge is -2.03. The van der Waals surface area contributed by atoms with Gasteiger partial charge in [-0.3, -0.25) is 9.59 Å². The predicted octanol–water partition coefficient (Wildman–Crippen LogP) is 3.07. The Morgan fingerprint density at radius 2 is 1.95 bits per heavy atom. The van der Waals surface area contributed by atoms with Gasteiger partial charge in [0.15, 0.2) is 5.78 Å². The van der Waals surface area contributed by atoms with Crippen molar-refractivity contribution in [1.29, 1.82) is 5.26 Å². The van der Waals surface area contributed by atoms with Gasteiger partial charge in [0.25, 0.3) is 5.91 Å². The molecule has 5 heteroatoms. The molecule has 0 saturated carbocycles. The number of anilines is 1. The fourth-order valence-corrected chi connectivity index (χ4v) is 2.30. The van der Waals surface area contributed by atoms with Gasteiger partial charge < -0.3 is 5.32 Å². The van der Waals surface area contributed by atoms with Gasteiger partial charge in [0.1, 0.15) is 0 Å². The standard InChI is InChI=1S/C14H10N2O2S/c1-9(17)12-5-6-13(19-12)14(18)16-11-4-2-3-10(7-11)8-15/h2-7H,1H3,(H,16,18). The Bertz CT molecular complexity index is 683. The summed E-state index contributed by atoms with van der Waals surface area (Å²) in [5, 5.41) is 11.5. The first-order valence-corrected chi connectivity index (χ1v) is 6.34. The van der Waals surface area contributed by atoms with E-state index in [4.69, 9.17) is 5.26 Å². The van der Waals surface area contributed by atoms with E-state index in [1.165, 1.54) is 6.92 Å². The molecule has 0 aliphatic rings. The normalized spacial score (nSPS) is 9.68. The third-order valence-electron chi connectivity index (χ3n) is 2.43. The number of Topliss-reactive ketones (excluding diaryl/α,β-unsaturated/α-hetero) is 1. The minimum atomic E-state index is -0.285. The molecule has 0 radical (unpaired) electrons. The maximum absolute atomic E-state index is 12.0. The molecule has 94 valence electrons. The average Bonchev–Trinajstić information content (AvgIpc) is 2.89. The maximum atomic E-state index is 12.0. The van der Waals surface area contributed by atoms with Crippen molar-refractivity contribution < 1.29 is 9.59 Å². The molecule has 0 atom stereocenters. The highest BCUT2D eigenvalue weighted by Gasteiger charge is 2.11. The first kappa shape index (κ1) is 13.0. The van der Waals surface area contributed by atoms with Crippen LogP contribution >= 0.6 is 11.3 Å². The van der Waals surface area contributed by atoms with E-state index in [0.717, 1.165) is 11.3 Å². The highest BCUT2D eigenvalue weighted by atomic mass is 32.1. The fourth-order valence-electron chi connectivity index (χ4n) is 1.51. The summed E-state index contributed by atoms with van der Waals surface area (Å²) in [6.45, 7) is 1.46. The molecule has 1 aromatic heterocycles. The van der Waals surface area contributed by atoms with Crippen LogP contribution in [0.1, 0.15) is 31.8 Å². The largest absolute Gasteiger partial charge is 0.321 e. The number of nitrogens with one attached hydrogen (secondary N) is 1. The number of nitrogens with zero attached hydrogens (tertiary/aromatic N) is 1. The first-order chi connectivity index (χ1) is 9.10. The number of benzene rings is 1. The van der Waals surface area contributed by atoms with Crippen LogP contribution in [0.2, 0.25) is 0 Å². The van der Waals surface area contributed by atoms with Crippen LogP contribution in [0, 0.1) is 11.3 Å². The molecule has 1 heterocycles. The van der Waals surface area contributed by atoms with Crippen LogP contribution in [0.25, 0.3) is 0 Å². The lowest BCUT2D eigenvalue weighted by molar-refractivity contribution is 0.101. The van der Waals surface area contributed by atoms with Crippen molar-refractivity contribution in [3.8, 4) is 6.07 Å². The summed E-state index contributed by atoms with van der Waals surface area (Å²) in [6.07, 6.45) is 0. The van der Waals surface area contributed by atoms with Crippen LogP contribution in [0.5, 0.6) is 0 Å². The Balaban J connectivity index is 2.16.